The SMILES string of the molecule is CC(=O)N1N=C(c2ccc3c(c2)OCO3)C[C@@H]1c1sccc1C. The predicted molar refractivity (Wildman–Crippen MR) is 88.0 cm³/mol. The molecule has 0 fully saturated rings. The van der Waals surface area contributed by atoms with Crippen LogP contribution in [0.5, 0.6) is 11.5 Å². The number of rotatable bonds is 2. The number of carbonyl (C=O) groups excluding carboxylic acids is 1. The van der Waals surface area contributed by atoms with Crippen molar-refractivity contribution in [2.24, 2.45) is 5.10 Å². The molecule has 0 radical (unpaired) electrons. The van der Waals surface area contributed by atoms with Crippen LogP contribution < -0.4 is 9.47 Å². The van der Waals surface area contributed by atoms with Crippen molar-refractivity contribution >= 4 is 23.0 Å². The summed E-state index contributed by atoms with van der Waals surface area (Å²) in [6, 6.07) is 7.85. The summed E-state index contributed by atoms with van der Waals surface area (Å²) in [4.78, 5) is 13.2. The minimum atomic E-state index is -0.0430. The highest BCUT2D eigenvalue weighted by Crippen LogP contribution is 2.39. The van der Waals surface area contributed by atoms with Gasteiger partial charge in [0.1, 0.15) is 0 Å². The zero-order valence-electron chi connectivity index (χ0n) is 12.9. The first-order valence-electron chi connectivity index (χ1n) is 7.45. The third kappa shape index (κ3) is 2.39. The number of hydrogen-bond donors (Lipinski definition) is 0. The Hall–Kier alpha value is -2.34. The van der Waals surface area contributed by atoms with Gasteiger partial charge in [-0.1, -0.05) is 0 Å². The van der Waals surface area contributed by atoms with Crippen LogP contribution >= 0.6 is 11.3 Å². The second-order valence-electron chi connectivity index (χ2n) is 5.67. The number of nitrogens with zero attached hydrogens (tertiary/aromatic N) is 2. The fraction of sp³-hybridized carbons (Fsp3) is 0.294. The molecule has 3 heterocycles. The van der Waals surface area contributed by atoms with E-state index in [0.29, 0.717) is 6.42 Å². The predicted octanol–water partition coefficient (Wildman–Crippen LogP) is 3.48. The average molecular weight is 328 g/mol. The standard InChI is InChI=1S/C17H16N2O3S/c1-10-5-6-23-17(10)14-8-13(18-19(14)11(2)20)12-3-4-15-16(7-12)22-9-21-15/h3-7,14H,8-9H2,1-2H3/t14-/m1/s1. The number of fused-ring (bicyclic) bond motifs is 1. The number of hydrogen-bond acceptors (Lipinski definition) is 5. The Kier molecular flexibility index (Phi) is 3.34. The van der Waals surface area contributed by atoms with Crippen LogP contribution in [0.2, 0.25) is 0 Å². The van der Waals surface area contributed by atoms with Crippen molar-refractivity contribution in [2.75, 3.05) is 6.79 Å². The molecule has 4 rings (SSSR count). The summed E-state index contributed by atoms with van der Waals surface area (Å²) >= 11 is 1.67. The van der Waals surface area contributed by atoms with Gasteiger partial charge in [0.25, 0.3) is 0 Å². The largest absolute Gasteiger partial charge is 0.454 e. The minimum Gasteiger partial charge on any atom is -0.454 e. The van der Waals surface area contributed by atoms with Gasteiger partial charge in [-0.2, -0.15) is 5.10 Å². The maximum Gasteiger partial charge on any atom is 0.240 e. The van der Waals surface area contributed by atoms with Crippen LogP contribution in [0.15, 0.2) is 34.7 Å². The molecule has 0 N–H and O–H groups in total. The van der Waals surface area contributed by atoms with Gasteiger partial charge < -0.3 is 9.47 Å². The lowest BCUT2D eigenvalue weighted by atomic mass is 10.0. The van der Waals surface area contributed by atoms with Crippen LogP contribution in [-0.4, -0.2) is 23.4 Å². The molecular weight excluding hydrogens is 312 g/mol. The normalized spacial score (nSPS) is 19.1. The smallest absolute Gasteiger partial charge is 0.240 e. The van der Waals surface area contributed by atoms with Gasteiger partial charge in [0.2, 0.25) is 12.7 Å². The van der Waals surface area contributed by atoms with Gasteiger partial charge in [-0.3, -0.25) is 4.79 Å². The van der Waals surface area contributed by atoms with Crippen molar-refractivity contribution in [1.82, 2.24) is 5.01 Å². The lowest BCUT2D eigenvalue weighted by molar-refractivity contribution is -0.130. The van der Waals surface area contributed by atoms with E-state index in [1.807, 2.05) is 18.2 Å². The molecule has 2 aromatic rings. The zero-order valence-corrected chi connectivity index (χ0v) is 13.7. The average Bonchev–Trinajstić information content (AvgIpc) is 3.24. The van der Waals surface area contributed by atoms with E-state index in [1.54, 1.807) is 23.3 Å². The monoisotopic (exact) mass is 328 g/mol. The van der Waals surface area contributed by atoms with E-state index in [1.165, 1.54) is 10.4 Å². The molecule has 0 aliphatic carbocycles. The molecule has 0 bridgehead atoms. The van der Waals surface area contributed by atoms with Gasteiger partial charge in [-0.05, 0) is 42.1 Å². The maximum atomic E-state index is 12.0. The number of amides is 1. The first kappa shape index (κ1) is 14.3. The van der Waals surface area contributed by atoms with Crippen molar-refractivity contribution in [3.8, 4) is 11.5 Å². The van der Waals surface area contributed by atoms with Crippen LogP contribution in [0.25, 0.3) is 0 Å². The Labute approximate surface area is 138 Å². The fourth-order valence-corrected chi connectivity index (χ4v) is 3.99. The van der Waals surface area contributed by atoms with Gasteiger partial charge in [0.05, 0.1) is 11.8 Å². The van der Waals surface area contributed by atoms with Crippen LogP contribution in [0.1, 0.15) is 35.4 Å². The molecule has 1 aromatic heterocycles. The Morgan fingerprint density at radius 3 is 2.87 bits per heavy atom. The van der Waals surface area contributed by atoms with Crippen molar-refractivity contribution in [1.29, 1.82) is 0 Å². The maximum absolute atomic E-state index is 12.0. The van der Waals surface area contributed by atoms with Crippen LogP contribution in [0.4, 0.5) is 0 Å². The van der Waals surface area contributed by atoms with Crippen molar-refractivity contribution in [3.05, 3.63) is 45.6 Å². The second kappa shape index (κ2) is 5.38. The van der Waals surface area contributed by atoms with Crippen molar-refractivity contribution < 1.29 is 14.3 Å². The molecule has 0 saturated heterocycles. The van der Waals surface area contributed by atoms with E-state index < -0.39 is 0 Å². The van der Waals surface area contributed by atoms with Gasteiger partial charge in [0, 0.05) is 23.8 Å². The molecule has 118 valence electrons. The summed E-state index contributed by atoms with van der Waals surface area (Å²) in [6.45, 7) is 3.88. The highest BCUT2D eigenvalue weighted by Gasteiger charge is 2.33. The van der Waals surface area contributed by atoms with E-state index in [9.17, 15) is 4.79 Å². The summed E-state index contributed by atoms with van der Waals surface area (Å²) < 4.78 is 10.8. The quantitative estimate of drug-likeness (QED) is 0.848. The molecule has 5 nitrogen and oxygen atoms in total. The van der Waals surface area contributed by atoms with E-state index in [-0.39, 0.29) is 18.7 Å². The molecule has 0 spiro atoms. The number of hydrazone groups is 1. The minimum absolute atomic E-state index is 0.0204. The van der Waals surface area contributed by atoms with Gasteiger partial charge in [-0.25, -0.2) is 5.01 Å². The summed E-state index contributed by atoms with van der Waals surface area (Å²) in [6.07, 6.45) is 0.709. The second-order valence-corrected chi connectivity index (χ2v) is 6.61. The summed E-state index contributed by atoms with van der Waals surface area (Å²) in [5.74, 6) is 1.44. The molecule has 2 aliphatic heterocycles. The topological polar surface area (TPSA) is 51.1 Å². The van der Waals surface area contributed by atoms with E-state index in [2.05, 4.69) is 23.5 Å². The number of carbonyl (C=O) groups is 1. The van der Waals surface area contributed by atoms with E-state index >= 15 is 0 Å². The molecule has 1 amide bonds. The summed E-state index contributed by atoms with van der Waals surface area (Å²) in [5.41, 5.74) is 3.07. The highest BCUT2D eigenvalue weighted by molar-refractivity contribution is 7.10. The molecule has 0 unspecified atom stereocenters. The number of benzene rings is 1. The fourth-order valence-electron chi connectivity index (χ4n) is 2.98. The number of aryl methyl sites for hydroxylation is 1. The third-order valence-corrected chi connectivity index (χ3v) is 5.26. The lowest BCUT2D eigenvalue weighted by Crippen LogP contribution is -2.24. The lowest BCUT2D eigenvalue weighted by Gasteiger charge is -2.19. The van der Waals surface area contributed by atoms with Crippen molar-refractivity contribution in [3.63, 3.8) is 0 Å². The summed E-state index contributed by atoms with van der Waals surface area (Å²) in [7, 11) is 0. The Balaban J connectivity index is 1.69. The molecule has 1 aromatic carbocycles. The Bertz CT molecular complexity index is 812. The molecule has 0 saturated carbocycles. The van der Waals surface area contributed by atoms with Gasteiger partial charge in [0.15, 0.2) is 11.5 Å². The van der Waals surface area contributed by atoms with E-state index in [0.717, 1.165) is 22.8 Å². The first-order chi connectivity index (χ1) is 11.1. The summed E-state index contributed by atoms with van der Waals surface area (Å²) in [5, 5.41) is 8.23. The third-order valence-electron chi connectivity index (χ3n) is 4.14. The van der Waals surface area contributed by atoms with Crippen LogP contribution in [-0.2, 0) is 4.79 Å². The molecule has 23 heavy (non-hydrogen) atoms. The number of thiophene rings is 1. The first-order valence-corrected chi connectivity index (χ1v) is 8.33. The van der Waals surface area contributed by atoms with E-state index in [4.69, 9.17) is 9.47 Å². The number of ether oxygens (including phenoxy) is 2. The van der Waals surface area contributed by atoms with Crippen molar-refractivity contribution in [2.45, 2.75) is 26.3 Å². The van der Waals surface area contributed by atoms with Crippen LogP contribution in [0.3, 0.4) is 0 Å². The Morgan fingerprint density at radius 2 is 2.13 bits per heavy atom. The molecule has 6 heteroatoms. The zero-order chi connectivity index (χ0) is 16.0. The Morgan fingerprint density at radius 1 is 1.30 bits per heavy atom. The highest BCUT2D eigenvalue weighted by atomic mass is 32.1. The molecule has 2 aliphatic rings. The molecule has 1 atom stereocenters. The van der Waals surface area contributed by atoms with Crippen LogP contribution in [0, 0.1) is 6.92 Å². The molecular formula is C17H16N2O3S. The van der Waals surface area contributed by atoms with Gasteiger partial charge >= 0.3 is 0 Å². The van der Waals surface area contributed by atoms with Gasteiger partial charge in [-0.15, -0.1) is 11.3 Å².